The average molecular weight is 275 g/mol. The molecule has 0 aromatic carbocycles. The Kier molecular flexibility index (Phi) is 3.58. The zero-order valence-corrected chi connectivity index (χ0v) is 11.6. The predicted octanol–water partition coefficient (Wildman–Crippen LogP) is 1.72. The summed E-state index contributed by atoms with van der Waals surface area (Å²) in [5.41, 5.74) is 0. The second kappa shape index (κ2) is 4.68. The fourth-order valence-electron chi connectivity index (χ4n) is 2.25. The van der Waals surface area contributed by atoms with E-state index >= 15 is 0 Å². The van der Waals surface area contributed by atoms with E-state index in [9.17, 15) is 8.42 Å². The van der Waals surface area contributed by atoms with Gasteiger partial charge in [-0.2, -0.15) is 4.31 Å². The number of aliphatic hydroxyl groups excluding tert-OH is 1. The van der Waals surface area contributed by atoms with E-state index in [0.29, 0.717) is 16.3 Å². The first-order valence-corrected chi connectivity index (χ1v) is 7.94. The van der Waals surface area contributed by atoms with Crippen LogP contribution in [0.5, 0.6) is 0 Å². The van der Waals surface area contributed by atoms with Crippen molar-refractivity contribution < 1.29 is 13.5 Å². The molecule has 1 aliphatic rings. The molecular weight excluding hydrogens is 258 g/mol. The highest BCUT2D eigenvalue weighted by Gasteiger charge is 2.34. The first-order valence-electron chi connectivity index (χ1n) is 5.69. The first kappa shape index (κ1) is 13.0. The van der Waals surface area contributed by atoms with Crippen LogP contribution in [0.1, 0.15) is 29.5 Å². The van der Waals surface area contributed by atoms with Crippen molar-refractivity contribution in [3.8, 4) is 0 Å². The Bertz CT molecular complexity index is 507. The van der Waals surface area contributed by atoms with Crippen LogP contribution in [0.15, 0.2) is 11.0 Å². The highest BCUT2D eigenvalue weighted by molar-refractivity contribution is 7.89. The molecule has 1 fully saturated rings. The second-order valence-corrected chi connectivity index (χ2v) is 7.60. The molecule has 6 heteroatoms. The highest BCUT2D eigenvalue weighted by Crippen LogP contribution is 2.31. The summed E-state index contributed by atoms with van der Waals surface area (Å²) in [4.78, 5) is 1.82. The van der Waals surface area contributed by atoms with Crippen LogP contribution in [0.2, 0.25) is 0 Å². The number of hydrogen-bond donors (Lipinski definition) is 1. The second-order valence-electron chi connectivity index (χ2n) is 4.40. The van der Waals surface area contributed by atoms with E-state index < -0.39 is 10.0 Å². The van der Waals surface area contributed by atoms with Crippen molar-refractivity contribution in [1.82, 2.24) is 4.31 Å². The van der Waals surface area contributed by atoms with E-state index in [2.05, 4.69) is 0 Å². The summed E-state index contributed by atoms with van der Waals surface area (Å²) in [6.07, 6.45) is 1.85. The number of aryl methyl sites for hydroxylation is 1. The molecule has 2 heterocycles. The molecule has 96 valence electrons. The maximum atomic E-state index is 12.4. The minimum Gasteiger partial charge on any atom is -0.391 e. The minimum atomic E-state index is -3.38. The molecule has 0 radical (unpaired) electrons. The zero-order chi connectivity index (χ0) is 12.6. The number of sulfonamides is 1. The van der Waals surface area contributed by atoms with E-state index in [-0.39, 0.29) is 12.6 Å². The molecule has 1 unspecified atom stereocenters. The molecule has 1 N–H and O–H groups in total. The molecule has 0 saturated carbocycles. The van der Waals surface area contributed by atoms with Crippen molar-refractivity contribution in [1.29, 1.82) is 0 Å². The predicted molar refractivity (Wildman–Crippen MR) is 67.6 cm³/mol. The van der Waals surface area contributed by atoms with Crippen molar-refractivity contribution in [2.75, 3.05) is 6.54 Å². The topological polar surface area (TPSA) is 57.6 Å². The fraction of sp³-hybridized carbons (Fsp3) is 0.636. The Morgan fingerprint density at radius 2 is 2.29 bits per heavy atom. The van der Waals surface area contributed by atoms with Gasteiger partial charge in [0.25, 0.3) is 0 Å². The van der Waals surface area contributed by atoms with Crippen LogP contribution in [0, 0.1) is 6.92 Å². The van der Waals surface area contributed by atoms with E-state index in [1.807, 2.05) is 6.92 Å². The van der Waals surface area contributed by atoms with Gasteiger partial charge in [0, 0.05) is 22.3 Å². The van der Waals surface area contributed by atoms with Gasteiger partial charge < -0.3 is 5.11 Å². The molecule has 1 atom stereocenters. The Labute approximate surface area is 106 Å². The Balaban J connectivity index is 2.40. The summed E-state index contributed by atoms with van der Waals surface area (Å²) in [5, 5.41) is 9.06. The van der Waals surface area contributed by atoms with E-state index in [0.717, 1.165) is 17.7 Å². The summed E-state index contributed by atoms with van der Waals surface area (Å²) in [6, 6.07) is 1.68. The van der Waals surface area contributed by atoms with Crippen LogP contribution in [0.25, 0.3) is 0 Å². The Morgan fingerprint density at radius 1 is 1.59 bits per heavy atom. The normalized spacial score (nSPS) is 22.2. The number of thiophene rings is 1. The molecule has 1 aliphatic heterocycles. The van der Waals surface area contributed by atoms with Crippen LogP contribution >= 0.6 is 11.3 Å². The molecule has 0 amide bonds. The van der Waals surface area contributed by atoms with Crippen molar-refractivity contribution in [3.05, 3.63) is 15.8 Å². The molecule has 4 nitrogen and oxygen atoms in total. The van der Waals surface area contributed by atoms with Gasteiger partial charge in [-0.25, -0.2) is 8.42 Å². The van der Waals surface area contributed by atoms with Gasteiger partial charge in [-0.05, 0) is 32.8 Å². The van der Waals surface area contributed by atoms with Crippen LogP contribution in [-0.2, 0) is 16.6 Å². The number of aliphatic hydroxyl groups is 1. The van der Waals surface area contributed by atoms with Gasteiger partial charge in [-0.3, -0.25) is 0 Å². The van der Waals surface area contributed by atoms with Crippen LogP contribution < -0.4 is 0 Å². The van der Waals surface area contributed by atoms with Crippen molar-refractivity contribution in [2.24, 2.45) is 0 Å². The largest absolute Gasteiger partial charge is 0.391 e. The molecule has 1 aromatic heterocycles. The minimum absolute atomic E-state index is 0.0804. The monoisotopic (exact) mass is 275 g/mol. The van der Waals surface area contributed by atoms with Gasteiger partial charge in [0.1, 0.15) is 0 Å². The molecule has 0 aliphatic carbocycles. The summed E-state index contributed by atoms with van der Waals surface area (Å²) in [5.74, 6) is 0. The van der Waals surface area contributed by atoms with Crippen LogP contribution in [0.3, 0.4) is 0 Å². The standard InChI is InChI=1S/C11H17NO3S2/c1-8-4-3-5-12(8)17(14,15)11-6-10(7-13)16-9(11)2/h6,8,13H,3-5,7H2,1-2H3. The lowest BCUT2D eigenvalue weighted by Crippen LogP contribution is -2.33. The molecule has 17 heavy (non-hydrogen) atoms. The summed E-state index contributed by atoms with van der Waals surface area (Å²) in [6.45, 7) is 4.24. The summed E-state index contributed by atoms with van der Waals surface area (Å²) < 4.78 is 26.5. The SMILES string of the molecule is Cc1sc(CO)cc1S(=O)(=O)N1CCCC1C. The van der Waals surface area contributed by atoms with Gasteiger partial charge in [-0.15, -0.1) is 11.3 Å². The maximum Gasteiger partial charge on any atom is 0.244 e. The summed E-state index contributed by atoms with van der Waals surface area (Å²) >= 11 is 1.35. The fourth-order valence-corrected chi connectivity index (χ4v) is 5.41. The molecule has 1 saturated heterocycles. The molecule has 1 aromatic rings. The molecule has 0 bridgehead atoms. The van der Waals surface area contributed by atoms with Gasteiger partial charge in [0.2, 0.25) is 10.0 Å². The lowest BCUT2D eigenvalue weighted by Gasteiger charge is -2.20. The van der Waals surface area contributed by atoms with E-state index in [1.54, 1.807) is 17.3 Å². The van der Waals surface area contributed by atoms with E-state index in [4.69, 9.17) is 5.11 Å². The maximum absolute atomic E-state index is 12.4. The van der Waals surface area contributed by atoms with Crippen molar-refractivity contribution in [2.45, 2.75) is 44.2 Å². The third-order valence-electron chi connectivity index (χ3n) is 3.16. The van der Waals surface area contributed by atoms with Crippen LogP contribution in [0.4, 0.5) is 0 Å². The summed E-state index contributed by atoms with van der Waals surface area (Å²) in [7, 11) is -3.38. The lowest BCUT2D eigenvalue weighted by molar-refractivity contribution is 0.285. The van der Waals surface area contributed by atoms with Crippen molar-refractivity contribution >= 4 is 21.4 Å². The van der Waals surface area contributed by atoms with Gasteiger partial charge in [-0.1, -0.05) is 0 Å². The third kappa shape index (κ3) is 2.27. The Morgan fingerprint density at radius 3 is 2.76 bits per heavy atom. The number of rotatable bonds is 3. The Hall–Kier alpha value is -0.430. The first-order chi connectivity index (χ1) is 7.96. The van der Waals surface area contributed by atoms with Gasteiger partial charge in [0.05, 0.1) is 11.5 Å². The van der Waals surface area contributed by atoms with Crippen LogP contribution in [-0.4, -0.2) is 30.4 Å². The molecular formula is C11H17NO3S2. The number of hydrogen-bond acceptors (Lipinski definition) is 4. The molecule has 0 spiro atoms. The van der Waals surface area contributed by atoms with E-state index in [1.165, 1.54) is 11.3 Å². The van der Waals surface area contributed by atoms with Gasteiger partial charge >= 0.3 is 0 Å². The third-order valence-corrected chi connectivity index (χ3v) is 6.46. The number of nitrogens with zero attached hydrogens (tertiary/aromatic N) is 1. The zero-order valence-electron chi connectivity index (χ0n) is 10.0. The lowest BCUT2D eigenvalue weighted by atomic mass is 10.3. The smallest absolute Gasteiger partial charge is 0.244 e. The highest BCUT2D eigenvalue weighted by atomic mass is 32.2. The van der Waals surface area contributed by atoms with Crippen molar-refractivity contribution in [3.63, 3.8) is 0 Å². The van der Waals surface area contributed by atoms with Gasteiger partial charge in [0.15, 0.2) is 0 Å². The molecule has 2 rings (SSSR count). The average Bonchev–Trinajstić information content (AvgIpc) is 2.84. The quantitative estimate of drug-likeness (QED) is 0.914.